The Morgan fingerprint density at radius 3 is 2.80 bits per heavy atom. The highest BCUT2D eigenvalue weighted by Crippen LogP contribution is 2.07. The molecule has 1 heterocycles. The SMILES string of the molecule is CC(C)c1ncn(CCC(N)C(=O)O)n1. The van der Waals surface area contributed by atoms with Crippen LogP contribution in [0.3, 0.4) is 0 Å². The number of carboxylic acid groups (broad SMARTS) is 1. The molecule has 3 N–H and O–H groups in total. The van der Waals surface area contributed by atoms with Crippen LogP contribution in [0.1, 0.15) is 32.0 Å². The third-order valence-electron chi connectivity index (χ3n) is 2.06. The van der Waals surface area contributed by atoms with Crippen LogP contribution in [0, 0.1) is 0 Å². The summed E-state index contributed by atoms with van der Waals surface area (Å²) in [4.78, 5) is 14.6. The molecule has 0 fully saturated rings. The van der Waals surface area contributed by atoms with Gasteiger partial charge in [-0.05, 0) is 6.42 Å². The van der Waals surface area contributed by atoms with Crippen LogP contribution in [0.4, 0.5) is 0 Å². The van der Waals surface area contributed by atoms with Crippen molar-refractivity contribution >= 4 is 5.97 Å². The van der Waals surface area contributed by atoms with Gasteiger partial charge in [0.05, 0.1) is 0 Å². The number of nitrogens with zero attached hydrogens (tertiary/aromatic N) is 3. The van der Waals surface area contributed by atoms with Crippen molar-refractivity contribution in [3.05, 3.63) is 12.2 Å². The molecule has 1 rings (SSSR count). The molecule has 0 amide bonds. The Balaban J connectivity index is 2.47. The highest BCUT2D eigenvalue weighted by atomic mass is 16.4. The molecule has 6 nitrogen and oxygen atoms in total. The monoisotopic (exact) mass is 212 g/mol. The average Bonchev–Trinajstić information content (AvgIpc) is 2.62. The van der Waals surface area contributed by atoms with Crippen LogP contribution >= 0.6 is 0 Å². The zero-order valence-corrected chi connectivity index (χ0v) is 8.92. The first kappa shape index (κ1) is 11.6. The smallest absolute Gasteiger partial charge is 0.320 e. The Morgan fingerprint density at radius 2 is 2.33 bits per heavy atom. The third kappa shape index (κ3) is 3.32. The minimum Gasteiger partial charge on any atom is -0.480 e. The molecular formula is C9H16N4O2. The van der Waals surface area contributed by atoms with Gasteiger partial charge in [0.15, 0.2) is 5.82 Å². The first-order chi connectivity index (χ1) is 7.00. The predicted octanol–water partition coefficient (Wildman–Crippen LogP) is 0.203. The second kappa shape index (κ2) is 4.88. The van der Waals surface area contributed by atoms with E-state index >= 15 is 0 Å². The number of carbonyl (C=O) groups is 1. The molecule has 0 aliphatic heterocycles. The van der Waals surface area contributed by atoms with Gasteiger partial charge in [-0.3, -0.25) is 9.48 Å². The van der Waals surface area contributed by atoms with Gasteiger partial charge in [-0.1, -0.05) is 13.8 Å². The van der Waals surface area contributed by atoms with E-state index in [1.807, 2.05) is 13.8 Å². The summed E-state index contributed by atoms with van der Waals surface area (Å²) in [6.07, 6.45) is 1.96. The molecule has 1 unspecified atom stereocenters. The number of nitrogens with two attached hydrogens (primary N) is 1. The van der Waals surface area contributed by atoms with Gasteiger partial charge < -0.3 is 10.8 Å². The number of hydrogen-bond donors (Lipinski definition) is 2. The lowest BCUT2D eigenvalue weighted by Gasteiger charge is -2.05. The zero-order chi connectivity index (χ0) is 11.4. The van der Waals surface area contributed by atoms with Crippen molar-refractivity contribution in [1.82, 2.24) is 14.8 Å². The molecule has 0 aromatic carbocycles. The molecule has 0 spiro atoms. The minimum absolute atomic E-state index is 0.277. The van der Waals surface area contributed by atoms with Gasteiger partial charge in [0.1, 0.15) is 12.4 Å². The van der Waals surface area contributed by atoms with Crippen molar-refractivity contribution in [1.29, 1.82) is 0 Å². The minimum atomic E-state index is -0.987. The van der Waals surface area contributed by atoms with Gasteiger partial charge >= 0.3 is 5.97 Å². The van der Waals surface area contributed by atoms with Crippen molar-refractivity contribution in [3.63, 3.8) is 0 Å². The van der Waals surface area contributed by atoms with Crippen molar-refractivity contribution in [3.8, 4) is 0 Å². The lowest BCUT2D eigenvalue weighted by atomic mass is 10.2. The molecule has 1 atom stereocenters. The number of rotatable bonds is 5. The summed E-state index contributed by atoms with van der Waals surface area (Å²) in [7, 11) is 0. The number of carboxylic acids is 1. The number of aryl methyl sites for hydroxylation is 1. The standard InChI is InChI=1S/C9H16N4O2/c1-6(2)8-11-5-13(12-8)4-3-7(10)9(14)15/h5-7H,3-4,10H2,1-2H3,(H,14,15). The van der Waals surface area contributed by atoms with Gasteiger partial charge in [-0.15, -0.1) is 0 Å². The van der Waals surface area contributed by atoms with Crippen LogP contribution in [-0.4, -0.2) is 31.9 Å². The fraction of sp³-hybridized carbons (Fsp3) is 0.667. The highest BCUT2D eigenvalue weighted by Gasteiger charge is 2.12. The molecule has 1 aromatic rings. The molecular weight excluding hydrogens is 196 g/mol. The van der Waals surface area contributed by atoms with Crippen LogP contribution in [0.25, 0.3) is 0 Å². The van der Waals surface area contributed by atoms with E-state index < -0.39 is 12.0 Å². The molecule has 0 saturated carbocycles. The van der Waals surface area contributed by atoms with Crippen LogP contribution in [-0.2, 0) is 11.3 Å². The van der Waals surface area contributed by atoms with Crippen LogP contribution in [0.2, 0.25) is 0 Å². The van der Waals surface area contributed by atoms with E-state index in [1.165, 1.54) is 0 Å². The summed E-state index contributed by atoms with van der Waals surface area (Å²) in [6, 6.07) is -0.836. The fourth-order valence-corrected chi connectivity index (χ4v) is 1.08. The molecule has 6 heteroatoms. The summed E-state index contributed by atoms with van der Waals surface area (Å²) in [5, 5.41) is 12.8. The average molecular weight is 212 g/mol. The summed E-state index contributed by atoms with van der Waals surface area (Å²) in [5.74, 6) is 0.0532. The maximum atomic E-state index is 10.5. The van der Waals surface area contributed by atoms with E-state index in [1.54, 1.807) is 11.0 Å². The second-order valence-corrected chi connectivity index (χ2v) is 3.75. The van der Waals surface area contributed by atoms with E-state index in [-0.39, 0.29) is 5.92 Å². The van der Waals surface area contributed by atoms with Gasteiger partial charge in [-0.2, -0.15) is 5.10 Å². The maximum absolute atomic E-state index is 10.5. The largest absolute Gasteiger partial charge is 0.480 e. The molecule has 0 radical (unpaired) electrons. The van der Waals surface area contributed by atoms with E-state index in [2.05, 4.69) is 10.1 Å². The number of hydrogen-bond acceptors (Lipinski definition) is 4. The molecule has 0 saturated heterocycles. The highest BCUT2D eigenvalue weighted by molar-refractivity contribution is 5.72. The van der Waals surface area contributed by atoms with Crippen LogP contribution < -0.4 is 5.73 Å². The van der Waals surface area contributed by atoms with Gasteiger partial charge in [0.2, 0.25) is 0 Å². The van der Waals surface area contributed by atoms with E-state index in [0.29, 0.717) is 13.0 Å². The molecule has 15 heavy (non-hydrogen) atoms. The lowest BCUT2D eigenvalue weighted by Crippen LogP contribution is -2.31. The molecule has 1 aromatic heterocycles. The Kier molecular flexibility index (Phi) is 3.79. The van der Waals surface area contributed by atoms with Gasteiger partial charge in [0.25, 0.3) is 0 Å². The van der Waals surface area contributed by atoms with Crippen molar-refractivity contribution in [2.75, 3.05) is 0 Å². The van der Waals surface area contributed by atoms with Crippen LogP contribution in [0.15, 0.2) is 6.33 Å². The third-order valence-corrected chi connectivity index (χ3v) is 2.06. The molecule has 0 aliphatic rings. The summed E-state index contributed by atoms with van der Waals surface area (Å²) in [5.41, 5.74) is 5.37. The lowest BCUT2D eigenvalue weighted by molar-refractivity contribution is -0.138. The molecule has 84 valence electrons. The number of aromatic nitrogens is 3. The van der Waals surface area contributed by atoms with E-state index in [0.717, 1.165) is 5.82 Å². The Hall–Kier alpha value is -1.43. The van der Waals surface area contributed by atoms with Crippen molar-refractivity contribution < 1.29 is 9.90 Å². The van der Waals surface area contributed by atoms with E-state index in [4.69, 9.17) is 10.8 Å². The van der Waals surface area contributed by atoms with Crippen molar-refractivity contribution in [2.45, 2.75) is 38.8 Å². The molecule has 0 bridgehead atoms. The second-order valence-electron chi connectivity index (χ2n) is 3.75. The normalized spacial score (nSPS) is 13.1. The predicted molar refractivity (Wildman–Crippen MR) is 54.3 cm³/mol. The molecule has 0 aliphatic carbocycles. The Morgan fingerprint density at radius 1 is 1.67 bits per heavy atom. The topological polar surface area (TPSA) is 94.0 Å². The first-order valence-electron chi connectivity index (χ1n) is 4.88. The first-order valence-corrected chi connectivity index (χ1v) is 4.88. The Labute approximate surface area is 88.1 Å². The van der Waals surface area contributed by atoms with Gasteiger partial charge in [0, 0.05) is 12.5 Å². The van der Waals surface area contributed by atoms with Crippen LogP contribution in [0.5, 0.6) is 0 Å². The summed E-state index contributed by atoms with van der Waals surface area (Å²) >= 11 is 0. The zero-order valence-electron chi connectivity index (χ0n) is 8.92. The quantitative estimate of drug-likeness (QED) is 0.727. The summed E-state index contributed by atoms with van der Waals surface area (Å²) < 4.78 is 1.62. The van der Waals surface area contributed by atoms with Gasteiger partial charge in [-0.25, -0.2) is 4.98 Å². The fourth-order valence-electron chi connectivity index (χ4n) is 1.08. The van der Waals surface area contributed by atoms with E-state index in [9.17, 15) is 4.79 Å². The Bertz CT molecular complexity index is 335. The number of aliphatic carboxylic acids is 1. The maximum Gasteiger partial charge on any atom is 0.320 e. The van der Waals surface area contributed by atoms with Crippen molar-refractivity contribution in [2.24, 2.45) is 5.73 Å². The summed E-state index contributed by atoms with van der Waals surface area (Å²) in [6.45, 7) is 4.48.